The van der Waals surface area contributed by atoms with Gasteiger partial charge in [0.1, 0.15) is 11.6 Å². The average Bonchev–Trinajstić information content (AvgIpc) is 2.59. The van der Waals surface area contributed by atoms with Gasteiger partial charge in [0.25, 0.3) is 0 Å². The molecule has 0 bridgehead atoms. The van der Waals surface area contributed by atoms with Gasteiger partial charge in [0.15, 0.2) is 11.4 Å². The minimum atomic E-state index is -0.957. The van der Waals surface area contributed by atoms with Crippen molar-refractivity contribution in [1.82, 2.24) is 5.32 Å². The molecule has 1 fully saturated rings. The van der Waals surface area contributed by atoms with Crippen molar-refractivity contribution in [2.75, 3.05) is 0 Å². The van der Waals surface area contributed by atoms with Gasteiger partial charge in [-0.05, 0) is 61.6 Å². The number of rotatable bonds is 1. The first-order valence-electron chi connectivity index (χ1n) is 6.45. The molecule has 0 radical (unpaired) electrons. The maximum absolute atomic E-state index is 11.9. The third-order valence-electron chi connectivity index (χ3n) is 2.91. The Hall–Kier alpha value is -1.38. The third kappa shape index (κ3) is 3.84. The van der Waals surface area contributed by atoms with Crippen LogP contribution in [0.2, 0.25) is 0 Å². The van der Waals surface area contributed by atoms with Gasteiger partial charge in [-0.3, -0.25) is 4.79 Å². The number of amides is 1. The van der Waals surface area contributed by atoms with Crippen LogP contribution in [0.25, 0.3) is 0 Å². The summed E-state index contributed by atoms with van der Waals surface area (Å²) in [6.45, 7) is 5.21. The highest BCUT2D eigenvalue weighted by Gasteiger charge is 2.46. The minimum Gasteiger partial charge on any atom is -0.449 e. The van der Waals surface area contributed by atoms with Crippen molar-refractivity contribution in [1.29, 1.82) is 0 Å². The van der Waals surface area contributed by atoms with Gasteiger partial charge in [-0.2, -0.15) is 0 Å². The van der Waals surface area contributed by atoms with Gasteiger partial charge in [-0.15, -0.1) is 0 Å². The molecule has 114 valence electrons. The highest BCUT2D eigenvalue weighted by molar-refractivity contribution is 14.1. The highest BCUT2D eigenvalue weighted by atomic mass is 127. The largest absolute Gasteiger partial charge is 0.449 e. The zero-order valence-electron chi connectivity index (χ0n) is 11.9. The smallest absolute Gasteiger partial charge is 0.408 e. The first-order chi connectivity index (χ1) is 9.60. The van der Waals surface area contributed by atoms with Gasteiger partial charge >= 0.3 is 12.1 Å². The van der Waals surface area contributed by atoms with Gasteiger partial charge in [0.2, 0.25) is 0 Å². The molecule has 0 aromatic rings. The molecule has 1 amide bonds. The number of carbonyl (C=O) groups excluding carboxylic acids is 3. The summed E-state index contributed by atoms with van der Waals surface area (Å²) in [6.07, 6.45) is 4.10. The quantitative estimate of drug-likeness (QED) is 0.534. The molecule has 0 aromatic heterocycles. The molecule has 1 heterocycles. The second-order valence-corrected chi connectivity index (χ2v) is 7.13. The van der Waals surface area contributed by atoms with Gasteiger partial charge in [-0.25, -0.2) is 9.59 Å². The second kappa shape index (κ2) is 5.43. The van der Waals surface area contributed by atoms with Crippen LogP contribution in [-0.4, -0.2) is 35.1 Å². The lowest BCUT2D eigenvalue weighted by molar-refractivity contribution is -0.144. The Morgan fingerprint density at radius 1 is 1.48 bits per heavy atom. The van der Waals surface area contributed by atoms with E-state index in [-0.39, 0.29) is 12.2 Å². The highest BCUT2D eigenvalue weighted by Crippen LogP contribution is 2.35. The minimum absolute atomic E-state index is 0.124. The maximum Gasteiger partial charge on any atom is 0.408 e. The molecular weight excluding hydrogens is 389 g/mol. The first-order valence-corrected chi connectivity index (χ1v) is 7.52. The van der Waals surface area contributed by atoms with Crippen molar-refractivity contribution in [3.63, 3.8) is 0 Å². The molecule has 7 heteroatoms. The molecule has 6 nitrogen and oxygen atoms in total. The summed E-state index contributed by atoms with van der Waals surface area (Å²) in [7, 11) is 0. The van der Waals surface area contributed by atoms with Crippen LogP contribution in [0.5, 0.6) is 0 Å². The number of hydrogen-bond acceptors (Lipinski definition) is 5. The Morgan fingerprint density at radius 2 is 2.14 bits per heavy atom. The summed E-state index contributed by atoms with van der Waals surface area (Å²) in [4.78, 5) is 35.1. The van der Waals surface area contributed by atoms with E-state index in [2.05, 4.69) is 5.32 Å². The molecule has 0 saturated carbocycles. The van der Waals surface area contributed by atoms with E-state index in [0.717, 1.165) is 0 Å². The summed E-state index contributed by atoms with van der Waals surface area (Å²) >= 11 is 1.90. The number of esters is 1. The van der Waals surface area contributed by atoms with Gasteiger partial charge in [0.05, 0.1) is 3.58 Å². The lowest BCUT2D eigenvalue weighted by Gasteiger charge is -2.23. The number of halogens is 1. The number of nitrogens with one attached hydrogen (secondary N) is 1. The van der Waals surface area contributed by atoms with Crippen LogP contribution in [0.3, 0.4) is 0 Å². The monoisotopic (exact) mass is 405 g/mol. The molecule has 1 aliphatic heterocycles. The standard InChI is InChI=1S/C14H16INO5/c1-13(2,3)21-12(19)16-9-7-14(20-11(9)18)5-4-10(17)8(15)6-14/h4-6,9H,7H2,1-3H3,(H,16,19). The number of ketones is 1. The van der Waals surface area contributed by atoms with Crippen LogP contribution in [0.15, 0.2) is 21.8 Å². The summed E-state index contributed by atoms with van der Waals surface area (Å²) in [5, 5.41) is 2.50. The summed E-state index contributed by atoms with van der Waals surface area (Å²) in [6, 6.07) is -0.793. The average molecular weight is 405 g/mol. The van der Waals surface area contributed by atoms with E-state index in [1.807, 2.05) is 22.6 Å². The van der Waals surface area contributed by atoms with E-state index in [0.29, 0.717) is 3.58 Å². The zero-order valence-corrected chi connectivity index (χ0v) is 14.1. The van der Waals surface area contributed by atoms with Crippen LogP contribution in [0.1, 0.15) is 27.2 Å². The SMILES string of the molecule is CC(C)(C)OC(=O)NC1CC2(C=CC(=O)C(I)=C2)OC1=O. The van der Waals surface area contributed by atoms with Crippen molar-refractivity contribution < 1.29 is 23.9 Å². The number of carbonyl (C=O) groups is 3. The Morgan fingerprint density at radius 3 is 2.71 bits per heavy atom. The van der Waals surface area contributed by atoms with Gasteiger partial charge in [0, 0.05) is 6.42 Å². The molecule has 2 aliphatic rings. The molecule has 2 unspecified atom stereocenters. The lowest BCUT2D eigenvalue weighted by Crippen LogP contribution is -2.41. The van der Waals surface area contributed by atoms with Crippen molar-refractivity contribution in [3.05, 3.63) is 21.8 Å². The van der Waals surface area contributed by atoms with Gasteiger partial charge in [-0.1, -0.05) is 0 Å². The second-order valence-electron chi connectivity index (χ2n) is 5.97. The molecule has 21 heavy (non-hydrogen) atoms. The maximum atomic E-state index is 11.9. The van der Waals surface area contributed by atoms with Crippen LogP contribution in [0.4, 0.5) is 4.79 Å². The lowest BCUT2D eigenvalue weighted by atomic mass is 9.93. The van der Waals surface area contributed by atoms with Gasteiger partial charge < -0.3 is 14.8 Å². The molecule has 1 N–H and O–H groups in total. The van der Waals surface area contributed by atoms with E-state index < -0.39 is 29.3 Å². The molecule has 1 aliphatic carbocycles. The van der Waals surface area contributed by atoms with E-state index >= 15 is 0 Å². The summed E-state index contributed by atoms with van der Waals surface area (Å²) < 4.78 is 10.9. The van der Waals surface area contributed by atoms with Crippen molar-refractivity contribution in [3.8, 4) is 0 Å². The normalized spacial score (nSPS) is 28.4. The van der Waals surface area contributed by atoms with Crippen LogP contribution < -0.4 is 5.32 Å². The number of ether oxygens (including phenoxy) is 2. The number of hydrogen-bond donors (Lipinski definition) is 1. The van der Waals surface area contributed by atoms with E-state index in [1.54, 1.807) is 32.9 Å². The molecule has 1 saturated heterocycles. The van der Waals surface area contributed by atoms with Crippen molar-refractivity contribution >= 4 is 40.4 Å². The molecule has 2 atom stereocenters. The summed E-state index contributed by atoms with van der Waals surface area (Å²) in [5.74, 6) is -0.666. The van der Waals surface area contributed by atoms with Crippen LogP contribution >= 0.6 is 22.6 Å². The Kier molecular flexibility index (Phi) is 4.14. The molecule has 1 spiro atoms. The Labute approximate surface area is 136 Å². The predicted molar refractivity (Wildman–Crippen MR) is 82.8 cm³/mol. The third-order valence-corrected chi connectivity index (χ3v) is 3.76. The Balaban J connectivity index is 2.06. The molecule has 0 aromatic carbocycles. The fraction of sp³-hybridized carbons (Fsp3) is 0.500. The first kappa shape index (κ1) is 16.0. The Bertz CT molecular complexity index is 560. The van der Waals surface area contributed by atoms with Crippen molar-refractivity contribution in [2.24, 2.45) is 0 Å². The van der Waals surface area contributed by atoms with Crippen LogP contribution in [0, 0.1) is 0 Å². The van der Waals surface area contributed by atoms with Crippen molar-refractivity contribution in [2.45, 2.75) is 44.4 Å². The van der Waals surface area contributed by atoms with E-state index in [4.69, 9.17) is 9.47 Å². The number of allylic oxidation sites excluding steroid dienone is 2. The topological polar surface area (TPSA) is 81.7 Å². The summed E-state index contributed by atoms with van der Waals surface area (Å²) in [5.41, 5.74) is -1.60. The van der Waals surface area contributed by atoms with E-state index in [9.17, 15) is 14.4 Å². The predicted octanol–water partition coefficient (Wildman–Crippen LogP) is 2.02. The fourth-order valence-electron chi connectivity index (χ4n) is 2.08. The number of alkyl carbamates (subject to hydrolysis) is 1. The van der Waals surface area contributed by atoms with E-state index in [1.165, 1.54) is 6.08 Å². The van der Waals surface area contributed by atoms with Crippen LogP contribution in [-0.2, 0) is 19.1 Å². The molecular formula is C14H16INO5. The molecule has 2 rings (SSSR count). The fourth-order valence-corrected chi connectivity index (χ4v) is 2.79. The zero-order chi connectivity index (χ0) is 15.8.